The van der Waals surface area contributed by atoms with Crippen LogP contribution in [-0.4, -0.2) is 24.1 Å². The average Bonchev–Trinajstić information content (AvgIpc) is 3.01. The quantitative estimate of drug-likeness (QED) is 0.759. The highest BCUT2D eigenvalue weighted by atomic mass is 16.5. The Hall–Kier alpha value is -3.08. The highest BCUT2D eigenvalue weighted by Crippen LogP contribution is 2.30. The van der Waals surface area contributed by atoms with Crippen LogP contribution in [0, 0.1) is 0 Å². The molecule has 1 N–H and O–H groups in total. The first-order chi connectivity index (χ1) is 13.1. The summed E-state index contributed by atoms with van der Waals surface area (Å²) in [5.74, 6) is 0.488. The van der Waals surface area contributed by atoms with Gasteiger partial charge in [-0.3, -0.25) is 9.59 Å². The van der Waals surface area contributed by atoms with E-state index in [1.54, 1.807) is 13.3 Å². The topological polar surface area (TPSA) is 60.3 Å². The Kier molecular flexibility index (Phi) is 4.44. The maximum Gasteiger partial charge on any atom is 0.256 e. The minimum absolute atomic E-state index is 0.195. The predicted octanol–water partition coefficient (Wildman–Crippen LogP) is 3.10. The number of carbonyl (C=O) groups excluding carboxylic acids is 1. The van der Waals surface area contributed by atoms with E-state index < -0.39 is 0 Å². The highest BCUT2D eigenvalue weighted by molar-refractivity contribution is 5.98. The second kappa shape index (κ2) is 6.91. The van der Waals surface area contributed by atoms with Gasteiger partial charge in [0, 0.05) is 24.2 Å². The Morgan fingerprint density at radius 1 is 1.22 bits per heavy atom. The number of para-hydroxylation sites is 1. The van der Waals surface area contributed by atoms with E-state index in [2.05, 4.69) is 22.9 Å². The van der Waals surface area contributed by atoms with E-state index in [1.165, 1.54) is 5.56 Å². The number of nitrogens with zero attached hydrogens (tertiary/aromatic N) is 1. The Morgan fingerprint density at radius 2 is 2.00 bits per heavy atom. The molecule has 0 fully saturated rings. The number of amides is 1. The van der Waals surface area contributed by atoms with Crippen LogP contribution in [0.1, 0.15) is 34.5 Å². The number of ether oxygens (including phenoxy) is 1. The Bertz CT molecular complexity index is 1070. The summed E-state index contributed by atoms with van der Waals surface area (Å²) >= 11 is 0. The number of rotatable bonds is 5. The van der Waals surface area contributed by atoms with Gasteiger partial charge >= 0.3 is 0 Å². The summed E-state index contributed by atoms with van der Waals surface area (Å²) in [5.41, 5.74) is 3.25. The second-order valence-corrected chi connectivity index (χ2v) is 7.00. The molecular weight excluding hydrogens is 340 g/mol. The molecule has 0 radical (unpaired) electrons. The van der Waals surface area contributed by atoms with Gasteiger partial charge < -0.3 is 14.6 Å². The SMILES string of the molecule is COc1ccc(CCNC(=O)c2cn3c4c(cccc4c2=O)CC3C)cc1. The van der Waals surface area contributed by atoms with E-state index in [-0.39, 0.29) is 22.9 Å². The summed E-state index contributed by atoms with van der Waals surface area (Å²) in [6, 6.07) is 13.7. The van der Waals surface area contributed by atoms with Crippen molar-refractivity contribution in [2.24, 2.45) is 0 Å². The Labute approximate surface area is 157 Å². The molecule has 1 aromatic heterocycles. The van der Waals surface area contributed by atoms with Crippen molar-refractivity contribution in [3.63, 3.8) is 0 Å². The molecule has 0 bridgehead atoms. The summed E-state index contributed by atoms with van der Waals surface area (Å²) < 4.78 is 7.21. The van der Waals surface area contributed by atoms with Crippen molar-refractivity contribution in [2.45, 2.75) is 25.8 Å². The van der Waals surface area contributed by atoms with Crippen LogP contribution >= 0.6 is 0 Å². The molecule has 2 heterocycles. The fourth-order valence-electron chi connectivity index (χ4n) is 3.79. The zero-order valence-corrected chi connectivity index (χ0v) is 15.5. The van der Waals surface area contributed by atoms with Crippen molar-refractivity contribution in [2.75, 3.05) is 13.7 Å². The maximum atomic E-state index is 12.8. The monoisotopic (exact) mass is 362 g/mol. The molecule has 5 heteroatoms. The largest absolute Gasteiger partial charge is 0.497 e. The van der Waals surface area contributed by atoms with Crippen molar-refractivity contribution in [1.82, 2.24) is 9.88 Å². The van der Waals surface area contributed by atoms with E-state index in [9.17, 15) is 9.59 Å². The lowest BCUT2D eigenvalue weighted by atomic mass is 10.1. The van der Waals surface area contributed by atoms with Crippen LogP contribution in [0.15, 0.2) is 53.5 Å². The molecule has 27 heavy (non-hydrogen) atoms. The molecule has 3 aromatic rings. The third kappa shape index (κ3) is 3.10. The predicted molar refractivity (Wildman–Crippen MR) is 106 cm³/mol. The first-order valence-corrected chi connectivity index (χ1v) is 9.16. The lowest BCUT2D eigenvalue weighted by Crippen LogP contribution is -2.31. The standard InChI is InChI=1S/C22H22N2O3/c1-14-12-16-4-3-5-18-20(16)24(14)13-19(21(18)25)22(26)23-11-10-15-6-8-17(27-2)9-7-15/h3-9,13-14H,10-12H2,1-2H3,(H,23,26). The van der Waals surface area contributed by atoms with Crippen LogP contribution in [0.3, 0.4) is 0 Å². The van der Waals surface area contributed by atoms with Gasteiger partial charge in [-0.1, -0.05) is 24.3 Å². The molecule has 0 saturated heterocycles. The van der Waals surface area contributed by atoms with Gasteiger partial charge in [0.25, 0.3) is 5.91 Å². The molecule has 1 aliphatic rings. The molecule has 138 valence electrons. The lowest BCUT2D eigenvalue weighted by Gasteiger charge is -2.12. The smallest absolute Gasteiger partial charge is 0.256 e. The molecule has 1 aliphatic heterocycles. The van der Waals surface area contributed by atoms with Crippen LogP contribution in [-0.2, 0) is 12.8 Å². The minimum atomic E-state index is -0.316. The molecule has 1 atom stereocenters. The summed E-state index contributed by atoms with van der Waals surface area (Å²) in [5, 5.41) is 3.51. The minimum Gasteiger partial charge on any atom is -0.497 e. The van der Waals surface area contributed by atoms with Crippen LogP contribution in [0.5, 0.6) is 5.75 Å². The Morgan fingerprint density at radius 3 is 2.74 bits per heavy atom. The third-order valence-corrected chi connectivity index (χ3v) is 5.23. The lowest BCUT2D eigenvalue weighted by molar-refractivity contribution is 0.0952. The van der Waals surface area contributed by atoms with Crippen LogP contribution < -0.4 is 15.5 Å². The fourth-order valence-corrected chi connectivity index (χ4v) is 3.79. The van der Waals surface area contributed by atoms with E-state index >= 15 is 0 Å². The molecule has 4 rings (SSSR count). The molecule has 0 aliphatic carbocycles. The molecule has 1 amide bonds. The van der Waals surface area contributed by atoms with Gasteiger partial charge in [-0.05, 0) is 49.1 Å². The third-order valence-electron chi connectivity index (χ3n) is 5.23. The number of hydrogen-bond acceptors (Lipinski definition) is 3. The van der Waals surface area contributed by atoms with Crippen LogP contribution in [0.4, 0.5) is 0 Å². The average molecular weight is 362 g/mol. The molecule has 0 spiro atoms. The van der Waals surface area contributed by atoms with Gasteiger partial charge in [0.05, 0.1) is 12.6 Å². The summed E-state index contributed by atoms with van der Waals surface area (Å²) in [4.78, 5) is 25.5. The van der Waals surface area contributed by atoms with Crippen molar-refractivity contribution in [3.8, 4) is 5.75 Å². The van der Waals surface area contributed by atoms with Gasteiger partial charge in [0.2, 0.25) is 5.43 Å². The summed E-state index contributed by atoms with van der Waals surface area (Å²) in [6.07, 6.45) is 3.30. The van der Waals surface area contributed by atoms with Crippen LogP contribution in [0.25, 0.3) is 10.9 Å². The van der Waals surface area contributed by atoms with Gasteiger partial charge in [0.15, 0.2) is 0 Å². The van der Waals surface area contributed by atoms with Crippen LogP contribution in [0.2, 0.25) is 0 Å². The van der Waals surface area contributed by atoms with Gasteiger partial charge in [-0.2, -0.15) is 0 Å². The molecule has 5 nitrogen and oxygen atoms in total. The molecule has 2 aromatic carbocycles. The number of methoxy groups -OCH3 is 1. The van der Waals surface area contributed by atoms with Gasteiger partial charge in [-0.25, -0.2) is 0 Å². The van der Waals surface area contributed by atoms with Crippen molar-refractivity contribution >= 4 is 16.8 Å². The normalized spacial score (nSPS) is 15.1. The van der Waals surface area contributed by atoms with Gasteiger partial charge in [-0.15, -0.1) is 0 Å². The number of pyridine rings is 1. The number of benzene rings is 2. The second-order valence-electron chi connectivity index (χ2n) is 7.00. The van der Waals surface area contributed by atoms with Gasteiger partial charge in [0.1, 0.15) is 11.3 Å². The molecular formula is C22H22N2O3. The number of carbonyl (C=O) groups is 1. The van der Waals surface area contributed by atoms with Crippen molar-refractivity contribution < 1.29 is 9.53 Å². The van der Waals surface area contributed by atoms with E-state index in [0.29, 0.717) is 18.4 Å². The van der Waals surface area contributed by atoms with E-state index in [1.807, 2.05) is 36.4 Å². The van der Waals surface area contributed by atoms with E-state index in [0.717, 1.165) is 23.3 Å². The summed E-state index contributed by atoms with van der Waals surface area (Å²) in [7, 11) is 1.63. The first-order valence-electron chi connectivity index (χ1n) is 9.16. The Balaban J connectivity index is 1.53. The maximum absolute atomic E-state index is 12.8. The zero-order chi connectivity index (χ0) is 19.0. The zero-order valence-electron chi connectivity index (χ0n) is 15.5. The number of nitrogens with one attached hydrogen (secondary N) is 1. The van der Waals surface area contributed by atoms with Crippen molar-refractivity contribution in [3.05, 3.63) is 75.6 Å². The fraction of sp³-hybridized carbons (Fsp3) is 0.273. The number of aromatic nitrogens is 1. The van der Waals surface area contributed by atoms with E-state index in [4.69, 9.17) is 4.74 Å². The highest BCUT2D eigenvalue weighted by Gasteiger charge is 2.24. The first kappa shape index (κ1) is 17.3. The summed E-state index contributed by atoms with van der Waals surface area (Å²) in [6.45, 7) is 2.58. The molecule has 1 unspecified atom stereocenters. The van der Waals surface area contributed by atoms with Crippen molar-refractivity contribution in [1.29, 1.82) is 0 Å². The number of hydrogen-bond donors (Lipinski definition) is 1. The molecule has 0 saturated carbocycles.